The highest BCUT2D eigenvalue weighted by molar-refractivity contribution is 6.31. The summed E-state index contributed by atoms with van der Waals surface area (Å²) in [6.07, 6.45) is 4.97. The van der Waals surface area contributed by atoms with Crippen molar-refractivity contribution in [2.75, 3.05) is 29.4 Å². The quantitative estimate of drug-likeness (QED) is 0.629. The molecule has 7 heteroatoms. The van der Waals surface area contributed by atoms with Gasteiger partial charge in [-0.15, -0.1) is 0 Å². The average Bonchev–Trinajstić information content (AvgIpc) is 3.05. The Kier molecular flexibility index (Phi) is 5.22. The molecule has 0 atom stereocenters. The fraction of sp³-hybridized carbons (Fsp3) is 0.381. The van der Waals surface area contributed by atoms with Gasteiger partial charge >= 0.3 is 0 Å². The van der Waals surface area contributed by atoms with Crippen LogP contribution in [0.2, 0.25) is 5.02 Å². The van der Waals surface area contributed by atoms with Gasteiger partial charge in [0, 0.05) is 30.3 Å². The van der Waals surface area contributed by atoms with Gasteiger partial charge in [0.05, 0.1) is 10.9 Å². The fourth-order valence-corrected chi connectivity index (χ4v) is 4.04. The van der Waals surface area contributed by atoms with Crippen molar-refractivity contribution in [3.8, 4) is 0 Å². The topological polar surface area (TPSA) is 62.5 Å². The van der Waals surface area contributed by atoms with Gasteiger partial charge in [0.15, 0.2) is 0 Å². The van der Waals surface area contributed by atoms with Crippen LogP contribution in [0.3, 0.4) is 0 Å². The smallest absolute Gasteiger partial charge is 0.262 e. The van der Waals surface area contributed by atoms with Crippen molar-refractivity contribution < 1.29 is 9.21 Å². The summed E-state index contributed by atoms with van der Waals surface area (Å²) in [4.78, 5) is 26.3. The molecule has 3 heterocycles. The van der Waals surface area contributed by atoms with Crippen LogP contribution in [0.4, 0.5) is 11.5 Å². The molecule has 0 bridgehead atoms. The number of fused-ring (bicyclic) bond motifs is 1. The van der Waals surface area contributed by atoms with Crippen molar-refractivity contribution in [1.29, 1.82) is 0 Å². The van der Waals surface area contributed by atoms with E-state index < -0.39 is 0 Å². The Morgan fingerprint density at radius 2 is 2.04 bits per heavy atom. The van der Waals surface area contributed by atoms with Crippen LogP contribution in [0.25, 0.3) is 11.1 Å². The van der Waals surface area contributed by atoms with Crippen LogP contribution in [0.5, 0.6) is 0 Å². The van der Waals surface area contributed by atoms with E-state index in [-0.39, 0.29) is 5.91 Å². The lowest BCUT2D eigenvalue weighted by atomic mass is 10.1. The first-order valence-electron chi connectivity index (χ1n) is 9.66. The van der Waals surface area contributed by atoms with E-state index in [2.05, 4.69) is 14.9 Å². The lowest BCUT2D eigenvalue weighted by Crippen LogP contribution is -2.32. The van der Waals surface area contributed by atoms with Crippen LogP contribution in [0, 0.1) is 6.92 Å². The molecule has 1 aliphatic heterocycles. The van der Waals surface area contributed by atoms with E-state index in [1.165, 1.54) is 12.7 Å². The van der Waals surface area contributed by atoms with Crippen molar-refractivity contribution in [2.45, 2.75) is 33.1 Å². The number of amides is 1. The number of anilines is 2. The minimum atomic E-state index is -0.130. The lowest BCUT2D eigenvalue weighted by Gasteiger charge is -2.28. The summed E-state index contributed by atoms with van der Waals surface area (Å²) in [6, 6.07) is 7.32. The largest absolute Gasteiger partial charge is 0.442 e. The molecule has 1 aromatic carbocycles. The molecule has 6 nitrogen and oxygen atoms in total. The zero-order valence-electron chi connectivity index (χ0n) is 16.1. The molecule has 0 unspecified atom stereocenters. The number of hydrogen-bond acceptors (Lipinski definition) is 5. The summed E-state index contributed by atoms with van der Waals surface area (Å²) < 4.78 is 5.85. The number of aromatic nitrogens is 2. The number of aryl methyl sites for hydroxylation is 1. The van der Waals surface area contributed by atoms with E-state index in [0.29, 0.717) is 34.0 Å². The number of nitrogens with zero attached hydrogens (tertiary/aromatic N) is 4. The predicted octanol–water partition coefficient (Wildman–Crippen LogP) is 4.84. The third-order valence-corrected chi connectivity index (χ3v) is 5.43. The molecular formula is C21H23ClN4O2. The van der Waals surface area contributed by atoms with E-state index >= 15 is 0 Å². The number of hydrogen-bond donors (Lipinski definition) is 0. The Labute approximate surface area is 169 Å². The van der Waals surface area contributed by atoms with E-state index in [9.17, 15) is 4.79 Å². The summed E-state index contributed by atoms with van der Waals surface area (Å²) >= 11 is 6.15. The summed E-state index contributed by atoms with van der Waals surface area (Å²) in [7, 11) is 0. The predicted molar refractivity (Wildman–Crippen MR) is 111 cm³/mol. The highest BCUT2D eigenvalue weighted by Crippen LogP contribution is 2.34. The number of benzene rings is 1. The van der Waals surface area contributed by atoms with Gasteiger partial charge in [-0.25, -0.2) is 9.97 Å². The van der Waals surface area contributed by atoms with Gasteiger partial charge in [-0.05, 0) is 51.3 Å². The van der Waals surface area contributed by atoms with E-state index in [4.69, 9.17) is 16.0 Å². The van der Waals surface area contributed by atoms with Crippen LogP contribution >= 0.6 is 11.6 Å². The van der Waals surface area contributed by atoms with Crippen LogP contribution in [0.1, 0.15) is 42.3 Å². The SMILES string of the molecule is CCN(C(=O)c1c(C)oc2ncnc(N3CCCCC3)c12)c1cccc(Cl)c1. The molecule has 146 valence electrons. The minimum absolute atomic E-state index is 0.130. The normalized spacial score (nSPS) is 14.5. The number of rotatable bonds is 4. The Morgan fingerprint density at radius 3 is 2.75 bits per heavy atom. The highest BCUT2D eigenvalue weighted by Gasteiger charge is 2.28. The second-order valence-corrected chi connectivity index (χ2v) is 7.42. The van der Waals surface area contributed by atoms with Gasteiger partial charge in [0.25, 0.3) is 5.91 Å². The van der Waals surface area contributed by atoms with Gasteiger partial charge in [0.2, 0.25) is 5.71 Å². The Bertz CT molecular complexity index is 1010. The van der Waals surface area contributed by atoms with Gasteiger partial charge < -0.3 is 14.2 Å². The molecule has 0 aliphatic carbocycles. The monoisotopic (exact) mass is 398 g/mol. The molecule has 1 aliphatic rings. The molecular weight excluding hydrogens is 376 g/mol. The van der Waals surface area contributed by atoms with Crippen LogP contribution in [-0.4, -0.2) is 35.5 Å². The maximum atomic E-state index is 13.6. The second kappa shape index (κ2) is 7.80. The Balaban J connectivity index is 1.83. The lowest BCUT2D eigenvalue weighted by molar-refractivity contribution is 0.0988. The van der Waals surface area contributed by atoms with Crippen LogP contribution < -0.4 is 9.80 Å². The molecule has 0 saturated carbocycles. The maximum absolute atomic E-state index is 13.6. The first kappa shape index (κ1) is 18.7. The number of carbonyl (C=O) groups excluding carboxylic acids is 1. The first-order valence-corrected chi connectivity index (χ1v) is 10.0. The van der Waals surface area contributed by atoms with Crippen LogP contribution in [0.15, 0.2) is 35.0 Å². The average molecular weight is 399 g/mol. The van der Waals surface area contributed by atoms with Crippen molar-refractivity contribution in [3.63, 3.8) is 0 Å². The van der Waals surface area contributed by atoms with E-state index in [1.54, 1.807) is 24.0 Å². The van der Waals surface area contributed by atoms with Crippen molar-refractivity contribution in [2.24, 2.45) is 0 Å². The minimum Gasteiger partial charge on any atom is -0.442 e. The molecule has 28 heavy (non-hydrogen) atoms. The Morgan fingerprint density at radius 1 is 1.25 bits per heavy atom. The van der Waals surface area contributed by atoms with Gasteiger partial charge in [-0.3, -0.25) is 4.79 Å². The molecule has 3 aromatic rings. The number of halogens is 1. The van der Waals surface area contributed by atoms with Gasteiger partial charge in [-0.1, -0.05) is 17.7 Å². The molecule has 0 N–H and O–H groups in total. The molecule has 0 spiro atoms. The molecule has 2 aromatic heterocycles. The van der Waals surface area contributed by atoms with Crippen molar-refractivity contribution in [1.82, 2.24) is 9.97 Å². The molecule has 1 saturated heterocycles. The van der Waals surface area contributed by atoms with E-state index in [0.717, 1.165) is 37.4 Å². The zero-order chi connectivity index (χ0) is 19.7. The molecule has 4 rings (SSSR count). The summed E-state index contributed by atoms with van der Waals surface area (Å²) in [5, 5.41) is 1.29. The Hall–Kier alpha value is -2.60. The standard InChI is InChI=1S/C21H23ClN4O2/c1-3-26(16-9-7-8-15(22)12-16)21(27)17-14(2)28-20-18(17)19(23-13-24-20)25-10-5-4-6-11-25/h7-9,12-13H,3-6,10-11H2,1-2H3. The first-order chi connectivity index (χ1) is 13.6. The fourth-order valence-electron chi connectivity index (χ4n) is 3.85. The van der Waals surface area contributed by atoms with Crippen molar-refractivity contribution >= 4 is 40.1 Å². The molecule has 0 radical (unpaired) electrons. The van der Waals surface area contributed by atoms with Gasteiger partial charge in [-0.2, -0.15) is 0 Å². The summed E-state index contributed by atoms with van der Waals surface area (Å²) in [5.41, 5.74) is 1.74. The maximum Gasteiger partial charge on any atom is 0.262 e. The molecule has 1 amide bonds. The number of furan rings is 1. The number of carbonyl (C=O) groups is 1. The summed E-state index contributed by atoms with van der Waals surface area (Å²) in [5.74, 6) is 1.21. The third-order valence-electron chi connectivity index (χ3n) is 5.20. The highest BCUT2D eigenvalue weighted by atomic mass is 35.5. The number of piperidine rings is 1. The molecule has 1 fully saturated rings. The van der Waals surface area contributed by atoms with Crippen molar-refractivity contribution in [3.05, 3.63) is 46.9 Å². The van der Waals surface area contributed by atoms with E-state index in [1.807, 2.05) is 19.1 Å². The zero-order valence-corrected chi connectivity index (χ0v) is 16.9. The van der Waals surface area contributed by atoms with Crippen LogP contribution in [-0.2, 0) is 0 Å². The third kappa shape index (κ3) is 3.33. The van der Waals surface area contributed by atoms with Gasteiger partial charge in [0.1, 0.15) is 17.9 Å². The summed E-state index contributed by atoms with van der Waals surface area (Å²) in [6.45, 7) is 6.11. The second-order valence-electron chi connectivity index (χ2n) is 6.99.